The van der Waals surface area contributed by atoms with Gasteiger partial charge in [-0.2, -0.15) is 0 Å². The molecule has 3 nitrogen and oxygen atoms in total. The van der Waals surface area contributed by atoms with Gasteiger partial charge < -0.3 is 10.1 Å². The third kappa shape index (κ3) is 8.61. The normalized spacial score (nSPS) is 18.0. The quantitative estimate of drug-likeness (QED) is 0.618. The van der Waals surface area contributed by atoms with Gasteiger partial charge in [0.1, 0.15) is 0 Å². The lowest BCUT2D eigenvalue weighted by Crippen LogP contribution is -2.47. The van der Waals surface area contributed by atoms with Crippen molar-refractivity contribution in [1.82, 2.24) is 10.2 Å². The second-order valence-electron chi connectivity index (χ2n) is 7.07. The van der Waals surface area contributed by atoms with Gasteiger partial charge in [-0.15, -0.1) is 0 Å². The summed E-state index contributed by atoms with van der Waals surface area (Å²) in [6.07, 6.45) is 5.25. The predicted molar refractivity (Wildman–Crippen MR) is 82.6 cm³/mol. The van der Waals surface area contributed by atoms with Crippen LogP contribution in [-0.2, 0) is 4.74 Å². The monoisotopic (exact) mass is 270 g/mol. The van der Waals surface area contributed by atoms with E-state index in [1.165, 1.54) is 25.7 Å². The van der Waals surface area contributed by atoms with Gasteiger partial charge in [-0.3, -0.25) is 4.90 Å². The Morgan fingerprint density at radius 3 is 2.53 bits per heavy atom. The minimum atomic E-state index is 0.204. The highest BCUT2D eigenvalue weighted by molar-refractivity contribution is 4.78. The van der Waals surface area contributed by atoms with Gasteiger partial charge >= 0.3 is 0 Å². The summed E-state index contributed by atoms with van der Waals surface area (Å²) < 4.78 is 5.74. The molecule has 0 spiro atoms. The molecular formula is C16H34N2O. The van der Waals surface area contributed by atoms with Crippen LogP contribution in [0.3, 0.4) is 0 Å². The van der Waals surface area contributed by atoms with Gasteiger partial charge in [0.05, 0.1) is 6.61 Å². The Morgan fingerprint density at radius 2 is 2.00 bits per heavy atom. The lowest BCUT2D eigenvalue weighted by atomic mass is 10.1. The zero-order chi connectivity index (χ0) is 14.3. The molecule has 1 unspecified atom stereocenters. The van der Waals surface area contributed by atoms with Crippen LogP contribution in [0.25, 0.3) is 0 Å². The van der Waals surface area contributed by atoms with E-state index < -0.39 is 0 Å². The zero-order valence-electron chi connectivity index (χ0n) is 13.7. The Hall–Kier alpha value is -0.120. The highest BCUT2D eigenvalue weighted by Crippen LogP contribution is 2.28. The third-order valence-corrected chi connectivity index (χ3v) is 3.75. The summed E-state index contributed by atoms with van der Waals surface area (Å²) >= 11 is 0. The first-order valence-electron chi connectivity index (χ1n) is 7.95. The largest absolute Gasteiger partial charge is 0.380 e. The molecule has 0 amide bonds. The molecule has 1 rings (SSSR count). The van der Waals surface area contributed by atoms with E-state index >= 15 is 0 Å². The summed E-state index contributed by atoms with van der Waals surface area (Å²) in [5.41, 5.74) is 0.204. The van der Waals surface area contributed by atoms with Gasteiger partial charge in [0.25, 0.3) is 0 Å². The van der Waals surface area contributed by atoms with Crippen molar-refractivity contribution in [2.45, 2.75) is 65.0 Å². The van der Waals surface area contributed by atoms with Crippen LogP contribution in [0.2, 0.25) is 0 Å². The molecule has 0 aromatic carbocycles. The minimum Gasteiger partial charge on any atom is -0.380 e. The Bertz CT molecular complexity index is 233. The lowest BCUT2D eigenvalue weighted by Gasteiger charge is -2.31. The van der Waals surface area contributed by atoms with Crippen LogP contribution in [0.4, 0.5) is 0 Å². The molecule has 0 aromatic heterocycles. The maximum Gasteiger partial charge on any atom is 0.0593 e. The molecular weight excluding hydrogens is 236 g/mol. The summed E-state index contributed by atoms with van der Waals surface area (Å²) in [7, 11) is 2.23. The maximum atomic E-state index is 5.74. The van der Waals surface area contributed by atoms with Gasteiger partial charge in [-0.1, -0.05) is 13.3 Å². The molecule has 0 bridgehead atoms. The van der Waals surface area contributed by atoms with Crippen molar-refractivity contribution in [3.05, 3.63) is 0 Å². The number of hydrogen-bond donors (Lipinski definition) is 1. The molecule has 1 saturated carbocycles. The first kappa shape index (κ1) is 16.9. The van der Waals surface area contributed by atoms with Crippen molar-refractivity contribution in [2.75, 3.05) is 33.4 Å². The van der Waals surface area contributed by atoms with Crippen LogP contribution < -0.4 is 5.32 Å². The van der Waals surface area contributed by atoms with E-state index in [4.69, 9.17) is 4.74 Å². The fourth-order valence-electron chi connectivity index (χ4n) is 2.16. The molecule has 0 saturated heterocycles. The molecule has 1 N–H and O–H groups in total. The summed E-state index contributed by atoms with van der Waals surface area (Å²) in [5, 5.41) is 3.62. The third-order valence-electron chi connectivity index (χ3n) is 3.75. The highest BCUT2D eigenvalue weighted by atomic mass is 16.5. The van der Waals surface area contributed by atoms with E-state index in [0.717, 1.165) is 32.2 Å². The molecule has 1 aliphatic carbocycles. The lowest BCUT2D eigenvalue weighted by molar-refractivity contribution is 0.0881. The summed E-state index contributed by atoms with van der Waals surface area (Å²) in [6.45, 7) is 12.9. The van der Waals surface area contributed by atoms with Gasteiger partial charge in [0.2, 0.25) is 0 Å². The van der Waals surface area contributed by atoms with Crippen molar-refractivity contribution in [3.8, 4) is 0 Å². The predicted octanol–water partition coefficient (Wildman–Crippen LogP) is 2.90. The Balaban J connectivity index is 2.19. The number of rotatable bonds is 10. The van der Waals surface area contributed by atoms with Gasteiger partial charge in [0.15, 0.2) is 0 Å². The Kier molecular flexibility index (Phi) is 7.33. The van der Waals surface area contributed by atoms with Crippen molar-refractivity contribution >= 4 is 0 Å². The van der Waals surface area contributed by atoms with Crippen LogP contribution in [0.15, 0.2) is 0 Å². The number of ether oxygens (including phenoxy) is 1. The molecule has 0 radical (unpaired) electrons. The number of nitrogens with one attached hydrogen (secondary N) is 1. The second kappa shape index (κ2) is 8.23. The molecule has 1 fully saturated rings. The SMILES string of the molecule is CCCC(CNC(C)(C)C)N(C)CCOCC1CC1. The van der Waals surface area contributed by atoms with E-state index in [1.807, 2.05) is 0 Å². The van der Waals surface area contributed by atoms with Crippen LogP contribution in [-0.4, -0.2) is 49.8 Å². The van der Waals surface area contributed by atoms with Gasteiger partial charge in [-0.25, -0.2) is 0 Å². The summed E-state index contributed by atoms with van der Waals surface area (Å²) in [6, 6.07) is 0.619. The van der Waals surface area contributed by atoms with E-state index in [2.05, 4.69) is 45.0 Å². The molecule has 0 aliphatic heterocycles. The van der Waals surface area contributed by atoms with Gasteiger partial charge in [-0.05, 0) is 53.0 Å². The first-order valence-corrected chi connectivity index (χ1v) is 7.95. The number of nitrogens with zero attached hydrogens (tertiary/aromatic N) is 1. The van der Waals surface area contributed by atoms with Crippen LogP contribution in [0.1, 0.15) is 53.4 Å². The topological polar surface area (TPSA) is 24.5 Å². The first-order chi connectivity index (χ1) is 8.92. The fourth-order valence-corrected chi connectivity index (χ4v) is 2.16. The van der Waals surface area contributed by atoms with E-state index in [9.17, 15) is 0 Å². The smallest absolute Gasteiger partial charge is 0.0593 e. The second-order valence-corrected chi connectivity index (χ2v) is 7.07. The molecule has 19 heavy (non-hydrogen) atoms. The molecule has 0 heterocycles. The Labute approximate surface area is 120 Å². The highest BCUT2D eigenvalue weighted by Gasteiger charge is 2.21. The van der Waals surface area contributed by atoms with E-state index in [0.29, 0.717) is 6.04 Å². The average molecular weight is 270 g/mol. The summed E-state index contributed by atoms with van der Waals surface area (Å²) in [5.74, 6) is 0.874. The van der Waals surface area contributed by atoms with Crippen LogP contribution in [0.5, 0.6) is 0 Å². The molecule has 1 atom stereocenters. The number of likely N-dealkylation sites (N-methyl/N-ethyl adjacent to an activating group) is 1. The number of hydrogen-bond acceptors (Lipinski definition) is 3. The molecule has 114 valence electrons. The molecule has 3 heteroatoms. The zero-order valence-corrected chi connectivity index (χ0v) is 13.7. The fraction of sp³-hybridized carbons (Fsp3) is 1.00. The van der Waals surface area contributed by atoms with Crippen molar-refractivity contribution in [3.63, 3.8) is 0 Å². The van der Waals surface area contributed by atoms with E-state index in [-0.39, 0.29) is 5.54 Å². The average Bonchev–Trinajstić information content (AvgIpc) is 3.12. The van der Waals surface area contributed by atoms with Gasteiger partial charge in [0, 0.05) is 31.3 Å². The molecule has 1 aliphatic rings. The standard InChI is InChI=1S/C16H34N2O/c1-6-7-15(12-17-16(2,3)4)18(5)10-11-19-13-14-8-9-14/h14-15,17H,6-13H2,1-5H3. The molecule has 0 aromatic rings. The summed E-state index contributed by atoms with van der Waals surface area (Å²) in [4.78, 5) is 2.45. The van der Waals surface area contributed by atoms with Crippen LogP contribution in [0, 0.1) is 5.92 Å². The van der Waals surface area contributed by atoms with Crippen LogP contribution >= 0.6 is 0 Å². The van der Waals surface area contributed by atoms with Crippen molar-refractivity contribution < 1.29 is 4.74 Å². The maximum absolute atomic E-state index is 5.74. The minimum absolute atomic E-state index is 0.204. The van der Waals surface area contributed by atoms with Crippen molar-refractivity contribution in [1.29, 1.82) is 0 Å². The Morgan fingerprint density at radius 1 is 1.32 bits per heavy atom. The van der Waals surface area contributed by atoms with Crippen molar-refractivity contribution in [2.24, 2.45) is 5.92 Å². The van der Waals surface area contributed by atoms with E-state index in [1.54, 1.807) is 0 Å².